The van der Waals surface area contributed by atoms with Crippen molar-refractivity contribution < 1.29 is 0 Å². The molecule has 0 unspecified atom stereocenters. The molecule has 0 atom stereocenters. The van der Waals surface area contributed by atoms with Crippen LogP contribution >= 0.6 is 11.3 Å². The minimum absolute atomic E-state index is 1.05. The third-order valence-electron chi connectivity index (χ3n) is 7.02. The van der Waals surface area contributed by atoms with E-state index in [-0.39, 0.29) is 0 Å². The lowest BCUT2D eigenvalue weighted by atomic mass is 10.0. The van der Waals surface area contributed by atoms with Gasteiger partial charge in [0.1, 0.15) is 0 Å². The first-order valence-electron chi connectivity index (χ1n) is 13.1. The van der Waals surface area contributed by atoms with Crippen LogP contribution in [-0.4, -0.2) is 0 Å². The molecule has 0 fully saturated rings. The van der Waals surface area contributed by atoms with E-state index >= 15 is 0 Å². The van der Waals surface area contributed by atoms with Crippen molar-refractivity contribution in [1.29, 1.82) is 0 Å². The van der Waals surface area contributed by atoms with Gasteiger partial charge >= 0.3 is 0 Å². The summed E-state index contributed by atoms with van der Waals surface area (Å²) < 4.78 is 2.63. The Morgan fingerprint density at radius 1 is 0.410 bits per heavy atom. The van der Waals surface area contributed by atoms with Gasteiger partial charge in [0.15, 0.2) is 0 Å². The second kappa shape index (κ2) is 10.1. The largest absolute Gasteiger partial charge is 0.355 e. The lowest BCUT2D eigenvalue weighted by molar-refractivity contribution is 1.28. The molecule has 1 aromatic heterocycles. The van der Waals surface area contributed by atoms with Crippen LogP contribution in [0, 0.1) is 0 Å². The van der Waals surface area contributed by atoms with Crippen LogP contribution in [0.4, 0.5) is 28.4 Å². The van der Waals surface area contributed by atoms with E-state index in [9.17, 15) is 0 Å². The molecule has 7 aromatic rings. The molecule has 2 nitrogen and oxygen atoms in total. The van der Waals surface area contributed by atoms with E-state index in [1.807, 2.05) is 11.3 Å². The lowest BCUT2D eigenvalue weighted by Gasteiger charge is -2.26. The van der Waals surface area contributed by atoms with Crippen LogP contribution in [0.2, 0.25) is 0 Å². The van der Waals surface area contributed by atoms with Crippen molar-refractivity contribution in [2.24, 2.45) is 0 Å². The maximum Gasteiger partial charge on any atom is 0.0482 e. The molecule has 0 saturated carbocycles. The predicted octanol–water partition coefficient (Wildman–Crippen LogP) is 10.9. The van der Waals surface area contributed by atoms with Crippen molar-refractivity contribution in [2.45, 2.75) is 0 Å². The fourth-order valence-corrected chi connectivity index (χ4v) is 6.24. The van der Waals surface area contributed by atoms with Gasteiger partial charge in [-0.3, -0.25) is 0 Å². The number of hydrogen-bond acceptors (Lipinski definition) is 3. The van der Waals surface area contributed by atoms with Gasteiger partial charge in [0, 0.05) is 48.6 Å². The summed E-state index contributed by atoms with van der Waals surface area (Å²) in [6, 6.07) is 53.7. The van der Waals surface area contributed by atoms with E-state index in [1.165, 1.54) is 31.3 Å². The topological polar surface area (TPSA) is 15.3 Å². The van der Waals surface area contributed by atoms with Crippen LogP contribution < -0.4 is 10.2 Å². The number of hydrogen-bond donors (Lipinski definition) is 1. The quantitative estimate of drug-likeness (QED) is 0.235. The molecule has 0 radical (unpaired) electrons. The van der Waals surface area contributed by atoms with E-state index in [0.29, 0.717) is 0 Å². The zero-order valence-corrected chi connectivity index (χ0v) is 22.1. The molecular weight excluding hydrogens is 492 g/mol. The molecule has 1 N–H and O–H groups in total. The molecule has 0 aliphatic heterocycles. The number of nitrogens with one attached hydrogen (secondary N) is 1. The minimum Gasteiger partial charge on any atom is -0.355 e. The third kappa shape index (κ3) is 4.65. The Hall–Kier alpha value is -4.86. The number of rotatable bonds is 6. The Labute approximate surface area is 232 Å². The minimum atomic E-state index is 1.05. The molecule has 0 aliphatic rings. The lowest BCUT2D eigenvalue weighted by Crippen LogP contribution is -2.10. The van der Waals surface area contributed by atoms with Gasteiger partial charge in [-0.25, -0.2) is 0 Å². The summed E-state index contributed by atoms with van der Waals surface area (Å²) >= 11 is 1.84. The SMILES string of the molecule is c1ccc(-c2ccc(N(c3ccccc3)c3cccc(Nc4ccc5sc6ccccc6c5c4)c3)cc2)cc1. The van der Waals surface area contributed by atoms with Crippen molar-refractivity contribution >= 4 is 59.9 Å². The van der Waals surface area contributed by atoms with E-state index in [2.05, 4.69) is 162 Å². The van der Waals surface area contributed by atoms with Crippen LogP contribution in [0.3, 0.4) is 0 Å². The molecule has 0 amide bonds. The smallest absolute Gasteiger partial charge is 0.0482 e. The second-order valence-corrected chi connectivity index (χ2v) is 10.7. The van der Waals surface area contributed by atoms with E-state index in [0.717, 1.165) is 28.4 Å². The summed E-state index contributed by atoms with van der Waals surface area (Å²) in [5.74, 6) is 0. The van der Waals surface area contributed by atoms with Gasteiger partial charge in [-0.15, -0.1) is 11.3 Å². The molecule has 0 saturated heterocycles. The van der Waals surface area contributed by atoms with Crippen molar-refractivity contribution in [3.63, 3.8) is 0 Å². The van der Waals surface area contributed by atoms with Crippen LogP contribution in [-0.2, 0) is 0 Å². The van der Waals surface area contributed by atoms with Crippen molar-refractivity contribution in [2.75, 3.05) is 10.2 Å². The van der Waals surface area contributed by atoms with Gasteiger partial charge in [-0.1, -0.05) is 84.9 Å². The maximum absolute atomic E-state index is 3.66. The number of para-hydroxylation sites is 1. The molecule has 0 spiro atoms. The van der Waals surface area contributed by atoms with Gasteiger partial charge in [-0.2, -0.15) is 0 Å². The molecule has 0 aliphatic carbocycles. The van der Waals surface area contributed by atoms with Crippen LogP contribution in [0.25, 0.3) is 31.3 Å². The average molecular weight is 519 g/mol. The summed E-state index contributed by atoms with van der Waals surface area (Å²) in [6.45, 7) is 0. The maximum atomic E-state index is 3.66. The highest BCUT2D eigenvalue weighted by molar-refractivity contribution is 7.25. The van der Waals surface area contributed by atoms with Gasteiger partial charge in [0.2, 0.25) is 0 Å². The normalized spacial score (nSPS) is 11.1. The highest BCUT2D eigenvalue weighted by Crippen LogP contribution is 2.38. The average Bonchev–Trinajstić information content (AvgIpc) is 3.37. The first-order valence-corrected chi connectivity index (χ1v) is 13.9. The van der Waals surface area contributed by atoms with E-state index in [4.69, 9.17) is 0 Å². The fourth-order valence-electron chi connectivity index (χ4n) is 5.15. The van der Waals surface area contributed by atoms with Gasteiger partial charge in [0.25, 0.3) is 0 Å². The summed E-state index contributed by atoms with van der Waals surface area (Å²) in [5, 5.41) is 6.26. The van der Waals surface area contributed by atoms with Crippen molar-refractivity contribution in [1.82, 2.24) is 0 Å². The fraction of sp³-hybridized carbons (Fsp3) is 0. The van der Waals surface area contributed by atoms with Gasteiger partial charge in [-0.05, 0) is 77.9 Å². The van der Waals surface area contributed by atoms with Crippen molar-refractivity contribution in [3.05, 3.63) is 152 Å². The summed E-state index contributed by atoms with van der Waals surface area (Å²) in [5.41, 5.74) is 7.89. The summed E-state index contributed by atoms with van der Waals surface area (Å²) in [6.07, 6.45) is 0. The Balaban J connectivity index is 1.24. The number of benzene rings is 6. The molecule has 0 bridgehead atoms. The molecule has 186 valence electrons. The van der Waals surface area contributed by atoms with Crippen LogP contribution in [0.5, 0.6) is 0 Å². The number of nitrogens with zero attached hydrogens (tertiary/aromatic N) is 1. The molecule has 1 heterocycles. The molecule has 39 heavy (non-hydrogen) atoms. The zero-order chi connectivity index (χ0) is 26.0. The zero-order valence-electron chi connectivity index (χ0n) is 21.3. The first-order chi connectivity index (χ1) is 19.3. The Kier molecular flexibility index (Phi) is 6.04. The highest BCUT2D eigenvalue weighted by Gasteiger charge is 2.13. The number of fused-ring (bicyclic) bond motifs is 3. The van der Waals surface area contributed by atoms with Gasteiger partial charge in [0.05, 0.1) is 0 Å². The Morgan fingerprint density at radius 2 is 1.03 bits per heavy atom. The highest BCUT2D eigenvalue weighted by atomic mass is 32.1. The number of thiophene rings is 1. The third-order valence-corrected chi connectivity index (χ3v) is 8.17. The molecule has 3 heteroatoms. The van der Waals surface area contributed by atoms with E-state index in [1.54, 1.807) is 0 Å². The standard InChI is InChI=1S/C36H26N2S/c1-3-10-26(11-4-1)27-18-21-31(22-19-27)38(30-13-5-2-6-14-30)32-15-9-12-28(24-32)37-29-20-23-36-34(25-29)33-16-7-8-17-35(33)39-36/h1-25,37H. The van der Waals surface area contributed by atoms with Crippen molar-refractivity contribution in [3.8, 4) is 11.1 Å². The Bertz CT molecular complexity index is 1870. The molecular formula is C36H26N2S. The molecule has 7 rings (SSSR count). The van der Waals surface area contributed by atoms with Crippen LogP contribution in [0.15, 0.2) is 152 Å². The first kappa shape index (κ1) is 23.3. The Morgan fingerprint density at radius 3 is 1.85 bits per heavy atom. The van der Waals surface area contributed by atoms with Crippen LogP contribution in [0.1, 0.15) is 0 Å². The second-order valence-electron chi connectivity index (χ2n) is 9.57. The predicted molar refractivity (Wildman–Crippen MR) is 169 cm³/mol. The summed E-state index contributed by atoms with van der Waals surface area (Å²) in [4.78, 5) is 2.30. The number of anilines is 5. The van der Waals surface area contributed by atoms with Gasteiger partial charge < -0.3 is 10.2 Å². The monoisotopic (exact) mass is 518 g/mol. The molecule has 6 aromatic carbocycles. The summed E-state index contributed by atoms with van der Waals surface area (Å²) in [7, 11) is 0. The van der Waals surface area contributed by atoms with E-state index < -0.39 is 0 Å².